The maximum absolute atomic E-state index is 13.0. The van der Waals surface area contributed by atoms with Gasteiger partial charge in [-0.15, -0.1) is 11.8 Å². The van der Waals surface area contributed by atoms with Crippen LogP contribution in [0.25, 0.3) is 0 Å². The fourth-order valence-corrected chi connectivity index (χ4v) is 6.09. The third-order valence-electron chi connectivity index (χ3n) is 3.76. The summed E-state index contributed by atoms with van der Waals surface area (Å²) in [7, 11) is -3.75. The lowest BCUT2D eigenvalue weighted by Crippen LogP contribution is -2.41. The lowest BCUT2D eigenvalue weighted by Gasteiger charge is -2.29. The Bertz CT molecular complexity index is 679. The molecule has 0 amide bonds. The Labute approximate surface area is 148 Å². The Kier molecular flexibility index (Phi) is 7.48. The predicted molar refractivity (Wildman–Crippen MR) is 95.7 cm³/mol. The number of rotatable bonds is 8. The monoisotopic (exact) mass is 372 g/mol. The molecule has 0 saturated carbocycles. The third kappa shape index (κ3) is 4.83. The van der Waals surface area contributed by atoms with Gasteiger partial charge in [0.1, 0.15) is 16.5 Å². The van der Waals surface area contributed by atoms with Crippen LogP contribution in [0, 0.1) is 12.8 Å². The lowest BCUT2D eigenvalue weighted by atomic mass is 9.98. The van der Waals surface area contributed by atoms with E-state index in [1.165, 1.54) is 19.1 Å². The number of carbonyl (C=O) groups excluding carboxylic acids is 2. The fraction of sp³-hybridized carbons (Fsp3) is 0.529. The zero-order valence-electron chi connectivity index (χ0n) is 14.6. The van der Waals surface area contributed by atoms with E-state index in [0.717, 1.165) is 17.3 Å². The Morgan fingerprint density at radius 3 is 2.17 bits per heavy atom. The van der Waals surface area contributed by atoms with Gasteiger partial charge in [-0.2, -0.15) is 0 Å². The highest BCUT2D eigenvalue weighted by molar-refractivity contribution is 8.13. The van der Waals surface area contributed by atoms with Crippen molar-refractivity contribution >= 4 is 33.4 Å². The number of ether oxygens (including phenoxy) is 1. The highest BCUT2D eigenvalue weighted by atomic mass is 32.3. The summed E-state index contributed by atoms with van der Waals surface area (Å²) >= 11 is 1.08. The third-order valence-corrected chi connectivity index (χ3v) is 7.69. The lowest BCUT2D eigenvalue weighted by molar-refractivity contribution is -0.149. The molecule has 7 heteroatoms. The summed E-state index contributed by atoms with van der Waals surface area (Å²) in [6, 6.07) is 6.52. The van der Waals surface area contributed by atoms with Crippen LogP contribution in [0.2, 0.25) is 0 Å². The SMILES string of the molecule is CCC(=O)[C@@H](C(SC)S(=O)(=O)c1ccc(C)cc1)[C@@H](C)OC(C)=O. The zero-order valence-corrected chi connectivity index (χ0v) is 16.2. The normalized spacial score (nSPS) is 15.4. The molecular formula is C17H24O5S2. The summed E-state index contributed by atoms with van der Waals surface area (Å²) in [6.07, 6.45) is 1.01. The van der Waals surface area contributed by atoms with E-state index in [1.54, 1.807) is 32.2 Å². The number of esters is 1. The number of hydrogen-bond acceptors (Lipinski definition) is 6. The van der Waals surface area contributed by atoms with Gasteiger partial charge < -0.3 is 4.74 Å². The fourth-order valence-electron chi connectivity index (χ4n) is 2.53. The van der Waals surface area contributed by atoms with Crippen molar-refractivity contribution < 1.29 is 22.7 Å². The van der Waals surface area contributed by atoms with Gasteiger partial charge >= 0.3 is 5.97 Å². The van der Waals surface area contributed by atoms with Crippen molar-refractivity contribution in [2.24, 2.45) is 5.92 Å². The largest absolute Gasteiger partial charge is 0.462 e. The molecule has 24 heavy (non-hydrogen) atoms. The Balaban J connectivity index is 3.32. The van der Waals surface area contributed by atoms with E-state index in [4.69, 9.17) is 4.74 Å². The molecule has 0 spiro atoms. The van der Waals surface area contributed by atoms with E-state index in [2.05, 4.69) is 0 Å². The highest BCUT2D eigenvalue weighted by Gasteiger charge is 2.42. The van der Waals surface area contributed by atoms with Crippen molar-refractivity contribution in [2.75, 3.05) is 6.26 Å². The first-order valence-corrected chi connectivity index (χ1v) is 10.5. The van der Waals surface area contributed by atoms with Crippen LogP contribution < -0.4 is 0 Å². The van der Waals surface area contributed by atoms with Crippen LogP contribution >= 0.6 is 11.8 Å². The molecule has 0 saturated heterocycles. The highest BCUT2D eigenvalue weighted by Crippen LogP contribution is 2.33. The molecule has 1 unspecified atom stereocenters. The number of Topliss-reactive ketones (excluding diaryl/α,β-unsaturated/α-hetero) is 1. The van der Waals surface area contributed by atoms with E-state index in [0.29, 0.717) is 0 Å². The molecule has 5 nitrogen and oxygen atoms in total. The molecule has 3 atom stereocenters. The first-order chi connectivity index (χ1) is 11.1. The number of thioether (sulfide) groups is 1. The smallest absolute Gasteiger partial charge is 0.302 e. The van der Waals surface area contributed by atoms with E-state index < -0.39 is 32.4 Å². The molecule has 1 rings (SSSR count). The van der Waals surface area contributed by atoms with Gasteiger partial charge in [0, 0.05) is 13.3 Å². The minimum absolute atomic E-state index is 0.163. The minimum Gasteiger partial charge on any atom is -0.462 e. The van der Waals surface area contributed by atoms with Crippen LogP contribution in [-0.2, 0) is 24.2 Å². The molecule has 0 aliphatic heterocycles. The van der Waals surface area contributed by atoms with Crippen LogP contribution in [-0.4, -0.2) is 37.1 Å². The Morgan fingerprint density at radius 1 is 1.21 bits per heavy atom. The number of sulfone groups is 1. The topological polar surface area (TPSA) is 77.5 Å². The predicted octanol–water partition coefficient (Wildman–Crippen LogP) is 3.00. The van der Waals surface area contributed by atoms with Crippen LogP contribution in [0.1, 0.15) is 32.8 Å². The van der Waals surface area contributed by atoms with Gasteiger partial charge in [0.2, 0.25) is 0 Å². The molecule has 0 N–H and O–H groups in total. The molecular weight excluding hydrogens is 348 g/mol. The van der Waals surface area contributed by atoms with Crippen molar-refractivity contribution in [3.63, 3.8) is 0 Å². The van der Waals surface area contributed by atoms with Crippen molar-refractivity contribution in [3.8, 4) is 0 Å². The molecule has 0 heterocycles. The summed E-state index contributed by atoms with van der Waals surface area (Å²) in [5, 5.41) is 0. The quantitative estimate of drug-likeness (QED) is 0.653. The molecule has 0 radical (unpaired) electrons. The number of aryl methyl sites for hydroxylation is 1. The van der Waals surface area contributed by atoms with Gasteiger partial charge in [-0.25, -0.2) is 8.42 Å². The van der Waals surface area contributed by atoms with Crippen LogP contribution in [0.5, 0.6) is 0 Å². The molecule has 0 aliphatic rings. The maximum Gasteiger partial charge on any atom is 0.302 e. The van der Waals surface area contributed by atoms with Crippen molar-refractivity contribution in [2.45, 2.75) is 49.7 Å². The van der Waals surface area contributed by atoms with Crippen molar-refractivity contribution in [1.29, 1.82) is 0 Å². The average molecular weight is 373 g/mol. The second-order valence-electron chi connectivity index (χ2n) is 5.62. The van der Waals surface area contributed by atoms with E-state index in [-0.39, 0.29) is 17.1 Å². The molecule has 0 fully saturated rings. The van der Waals surface area contributed by atoms with Crippen LogP contribution in [0.4, 0.5) is 0 Å². The molecule has 134 valence electrons. The van der Waals surface area contributed by atoms with Gasteiger partial charge in [-0.1, -0.05) is 24.6 Å². The van der Waals surface area contributed by atoms with Crippen molar-refractivity contribution in [1.82, 2.24) is 0 Å². The number of carbonyl (C=O) groups is 2. The second kappa shape index (κ2) is 8.67. The second-order valence-corrected chi connectivity index (χ2v) is 8.97. The number of hydrogen-bond donors (Lipinski definition) is 0. The van der Waals surface area contributed by atoms with Gasteiger partial charge in [0.15, 0.2) is 9.84 Å². The van der Waals surface area contributed by atoms with E-state index >= 15 is 0 Å². The molecule has 0 bridgehead atoms. The summed E-state index contributed by atoms with van der Waals surface area (Å²) in [5.74, 6) is -1.69. The first-order valence-electron chi connectivity index (χ1n) is 7.68. The molecule has 0 aliphatic carbocycles. The van der Waals surface area contributed by atoms with Crippen molar-refractivity contribution in [3.05, 3.63) is 29.8 Å². The summed E-state index contributed by atoms with van der Waals surface area (Å²) in [4.78, 5) is 23.8. The van der Waals surface area contributed by atoms with Gasteiger partial charge in [-0.05, 0) is 32.2 Å². The molecule has 0 aromatic heterocycles. The van der Waals surface area contributed by atoms with E-state index in [9.17, 15) is 18.0 Å². The zero-order chi connectivity index (χ0) is 18.5. The summed E-state index contributed by atoms with van der Waals surface area (Å²) in [6.45, 7) is 6.35. The molecule has 1 aromatic rings. The first kappa shape index (κ1) is 20.7. The van der Waals surface area contributed by atoms with Gasteiger partial charge in [0.25, 0.3) is 0 Å². The number of benzene rings is 1. The Hall–Kier alpha value is -1.34. The maximum atomic E-state index is 13.0. The van der Waals surface area contributed by atoms with E-state index in [1.807, 2.05) is 6.92 Å². The number of ketones is 1. The van der Waals surface area contributed by atoms with Gasteiger partial charge in [-0.3, -0.25) is 9.59 Å². The summed E-state index contributed by atoms with van der Waals surface area (Å²) < 4.78 is 30.1. The average Bonchev–Trinajstić information content (AvgIpc) is 2.51. The molecule has 1 aromatic carbocycles. The Morgan fingerprint density at radius 2 is 1.75 bits per heavy atom. The van der Waals surface area contributed by atoms with Gasteiger partial charge in [0.05, 0.1) is 10.8 Å². The van der Waals surface area contributed by atoms with Crippen LogP contribution in [0.3, 0.4) is 0 Å². The standard InChI is InChI=1S/C17H24O5S2/c1-6-15(19)16(12(3)22-13(4)18)17(23-5)24(20,21)14-9-7-11(2)8-10-14/h7-10,12,16-17H,6H2,1-5H3/t12-,16+,17?/m1/s1. The summed E-state index contributed by atoms with van der Waals surface area (Å²) in [5.41, 5.74) is 0.948. The minimum atomic E-state index is -3.75. The van der Waals surface area contributed by atoms with Crippen LogP contribution in [0.15, 0.2) is 29.2 Å².